The van der Waals surface area contributed by atoms with Gasteiger partial charge in [0.1, 0.15) is 0 Å². The Morgan fingerprint density at radius 2 is 2.00 bits per heavy atom. The van der Waals surface area contributed by atoms with Crippen LogP contribution in [0.2, 0.25) is 5.02 Å². The Kier molecular flexibility index (Phi) is 6.93. The van der Waals surface area contributed by atoms with E-state index in [1.165, 1.54) is 12.1 Å². The van der Waals surface area contributed by atoms with E-state index in [9.17, 15) is 8.42 Å². The minimum atomic E-state index is -3.59. The second kappa shape index (κ2) is 7.98. The standard InChI is InChI=1S/C14H23ClN2O3S/c1-10(2)4-6-20-7-5-17-21(18,19)12-8-11(3)14(15)13(16)9-12/h8-10,17H,4-7,16H2,1-3H3. The van der Waals surface area contributed by atoms with Crippen molar-refractivity contribution >= 4 is 27.3 Å². The second-order valence-corrected chi connectivity index (χ2v) is 7.48. The third-order valence-corrected chi connectivity index (χ3v) is 4.90. The van der Waals surface area contributed by atoms with Crippen LogP contribution >= 0.6 is 11.6 Å². The number of anilines is 1. The topological polar surface area (TPSA) is 81.4 Å². The van der Waals surface area contributed by atoms with Crippen LogP contribution < -0.4 is 10.5 Å². The van der Waals surface area contributed by atoms with Gasteiger partial charge < -0.3 is 10.5 Å². The molecule has 0 aliphatic carbocycles. The first-order chi connectivity index (χ1) is 9.74. The summed E-state index contributed by atoms with van der Waals surface area (Å²) in [5.74, 6) is 0.571. The first-order valence-electron chi connectivity index (χ1n) is 6.87. The van der Waals surface area contributed by atoms with Crippen LogP contribution in [0.25, 0.3) is 0 Å². The highest BCUT2D eigenvalue weighted by Crippen LogP contribution is 2.26. The highest BCUT2D eigenvalue weighted by atomic mass is 35.5. The fourth-order valence-electron chi connectivity index (χ4n) is 1.67. The number of sulfonamides is 1. The van der Waals surface area contributed by atoms with Gasteiger partial charge in [0.15, 0.2) is 0 Å². The van der Waals surface area contributed by atoms with Crippen LogP contribution in [0.1, 0.15) is 25.8 Å². The van der Waals surface area contributed by atoms with E-state index in [-0.39, 0.29) is 17.1 Å². The highest BCUT2D eigenvalue weighted by molar-refractivity contribution is 7.89. The van der Waals surface area contributed by atoms with E-state index in [1.54, 1.807) is 6.92 Å². The van der Waals surface area contributed by atoms with Gasteiger partial charge in [-0.15, -0.1) is 0 Å². The summed E-state index contributed by atoms with van der Waals surface area (Å²) in [5, 5.41) is 0.381. The zero-order chi connectivity index (χ0) is 16.0. The van der Waals surface area contributed by atoms with Crippen molar-refractivity contribution in [1.82, 2.24) is 4.72 Å². The zero-order valence-electron chi connectivity index (χ0n) is 12.6. The average Bonchev–Trinajstić information content (AvgIpc) is 2.39. The molecule has 0 unspecified atom stereocenters. The number of nitrogen functional groups attached to an aromatic ring is 1. The molecule has 3 N–H and O–H groups in total. The van der Waals surface area contributed by atoms with Crippen LogP contribution in [-0.4, -0.2) is 28.2 Å². The number of hydrogen-bond acceptors (Lipinski definition) is 4. The molecule has 0 aliphatic rings. The fourth-order valence-corrected chi connectivity index (χ4v) is 2.91. The van der Waals surface area contributed by atoms with E-state index in [2.05, 4.69) is 18.6 Å². The van der Waals surface area contributed by atoms with Crippen LogP contribution in [0.5, 0.6) is 0 Å². The normalized spacial score (nSPS) is 12.0. The summed E-state index contributed by atoms with van der Waals surface area (Å²) in [7, 11) is -3.59. The maximum atomic E-state index is 12.1. The van der Waals surface area contributed by atoms with Crippen LogP contribution in [0.15, 0.2) is 17.0 Å². The summed E-state index contributed by atoms with van der Waals surface area (Å²) in [4.78, 5) is 0.115. The van der Waals surface area contributed by atoms with E-state index >= 15 is 0 Å². The molecule has 0 heterocycles. The van der Waals surface area contributed by atoms with Crippen molar-refractivity contribution in [1.29, 1.82) is 0 Å². The molecule has 0 aliphatic heterocycles. The van der Waals surface area contributed by atoms with Gasteiger partial charge in [-0.3, -0.25) is 0 Å². The Hall–Kier alpha value is -0.820. The Balaban J connectivity index is 2.54. The van der Waals surface area contributed by atoms with Gasteiger partial charge >= 0.3 is 0 Å². The summed E-state index contributed by atoms with van der Waals surface area (Å²) < 4.78 is 32.1. The van der Waals surface area contributed by atoms with Gasteiger partial charge in [-0.25, -0.2) is 13.1 Å². The molecular formula is C14H23ClN2O3S. The van der Waals surface area contributed by atoms with Crippen molar-refractivity contribution in [2.75, 3.05) is 25.5 Å². The minimum absolute atomic E-state index is 0.115. The zero-order valence-corrected chi connectivity index (χ0v) is 14.2. The molecule has 0 spiro atoms. The molecule has 5 nitrogen and oxygen atoms in total. The predicted molar refractivity (Wildman–Crippen MR) is 86.1 cm³/mol. The molecule has 0 saturated heterocycles. The summed E-state index contributed by atoms with van der Waals surface area (Å²) in [5.41, 5.74) is 6.58. The summed E-state index contributed by atoms with van der Waals surface area (Å²) in [6, 6.07) is 2.86. The molecule has 0 radical (unpaired) electrons. The first kappa shape index (κ1) is 18.2. The van der Waals surface area contributed by atoms with Gasteiger partial charge in [0, 0.05) is 13.2 Å². The first-order valence-corrected chi connectivity index (χ1v) is 8.73. The average molecular weight is 335 g/mol. The number of rotatable bonds is 8. The SMILES string of the molecule is Cc1cc(S(=O)(=O)NCCOCCC(C)C)cc(N)c1Cl. The molecule has 0 fully saturated rings. The lowest BCUT2D eigenvalue weighted by Crippen LogP contribution is -2.27. The lowest BCUT2D eigenvalue weighted by Gasteiger charge is -2.10. The number of ether oxygens (including phenoxy) is 1. The summed E-state index contributed by atoms with van der Waals surface area (Å²) in [6.07, 6.45) is 0.958. The number of halogens is 1. The maximum absolute atomic E-state index is 12.1. The molecule has 0 bridgehead atoms. The van der Waals surface area contributed by atoms with E-state index in [0.717, 1.165) is 6.42 Å². The molecule has 0 atom stereocenters. The number of hydrogen-bond donors (Lipinski definition) is 2. The Bertz CT molecular complexity index is 551. The Labute approximate surface area is 131 Å². The van der Waals surface area contributed by atoms with Gasteiger partial charge in [-0.1, -0.05) is 25.4 Å². The number of nitrogens with one attached hydrogen (secondary N) is 1. The van der Waals surface area contributed by atoms with Crippen LogP contribution in [0.3, 0.4) is 0 Å². The largest absolute Gasteiger partial charge is 0.397 e. The maximum Gasteiger partial charge on any atom is 0.240 e. The van der Waals surface area contributed by atoms with Gasteiger partial charge in [0.25, 0.3) is 0 Å². The van der Waals surface area contributed by atoms with Crippen molar-refractivity contribution in [3.05, 3.63) is 22.7 Å². The van der Waals surface area contributed by atoms with E-state index in [0.29, 0.717) is 29.7 Å². The van der Waals surface area contributed by atoms with Crippen molar-refractivity contribution < 1.29 is 13.2 Å². The smallest absolute Gasteiger partial charge is 0.240 e. The molecular weight excluding hydrogens is 312 g/mol. The molecule has 0 amide bonds. The summed E-state index contributed by atoms with van der Waals surface area (Å²) in [6.45, 7) is 7.13. The van der Waals surface area contributed by atoms with Crippen LogP contribution in [-0.2, 0) is 14.8 Å². The van der Waals surface area contributed by atoms with Gasteiger partial charge in [0.05, 0.1) is 22.2 Å². The molecule has 0 aromatic heterocycles. The highest BCUT2D eigenvalue weighted by Gasteiger charge is 2.16. The van der Waals surface area contributed by atoms with Gasteiger partial charge in [-0.05, 0) is 37.0 Å². The molecule has 120 valence electrons. The lowest BCUT2D eigenvalue weighted by atomic mass is 10.1. The molecule has 1 aromatic rings. The number of aryl methyl sites for hydroxylation is 1. The van der Waals surface area contributed by atoms with Crippen molar-refractivity contribution in [2.45, 2.75) is 32.1 Å². The summed E-state index contributed by atoms with van der Waals surface area (Å²) >= 11 is 5.93. The fraction of sp³-hybridized carbons (Fsp3) is 0.571. The third kappa shape index (κ3) is 5.82. The predicted octanol–water partition coefficient (Wildman–Crippen LogP) is 2.57. The molecule has 1 aromatic carbocycles. The third-order valence-electron chi connectivity index (χ3n) is 2.94. The van der Waals surface area contributed by atoms with Crippen molar-refractivity contribution in [3.63, 3.8) is 0 Å². The van der Waals surface area contributed by atoms with E-state index in [1.807, 2.05) is 0 Å². The quantitative estimate of drug-likeness (QED) is 0.565. The molecule has 1 rings (SSSR count). The van der Waals surface area contributed by atoms with Crippen molar-refractivity contribution in [2.24, 2.45) is 5.92 Å². The monoisotopic (exact) mass is 334 g/mol. The van der Waals surface area contributed by atoms with E-state index < -0.39 is 10.0 Å². The second-order valence-electron chi connectivity index (χ2n) is 5.34. The van der Waals surface area contributed by atoms with E-state index in [4.69, 9.17) is 22.1 Å². The minimum Gasteiger partial charge on any atom is -0.397 e. The Morgan fingerprint density at radius 1 is 1.33 bits per heavy atom. The van der Waals surface area contributed by atoms with Crippen molar-refractivity contribution in [3.8, 4) is 0 Å². The molecule has 0 saturated carbocycles. The Morgan fingerprint density at radius 3 is 2.57 bits per heavy atom. The number of benzene rings is 1. The lowest BCUT2D eigenvalue weighted by molar-refractivity contribution is 0.128. The van der Waals surface area contributed by atoms with Crippen LogP contribution in [0, 0.1) is 12.8 Å². The number of nitrogens with two attached hydrogens (primary N) is 1. The molecule has 21 heavy (non-hydrogen) atoms. The molecule has 7 heteroatoms. The van der Waals surface area contributed by atoms with Crippen LogP contribution in [0.4, 0.5) is 5.69 Å². The van der Waals surface area contributed by atoms with Gasteiger partial charge in [0.2, 0.25) is 10.0 Å². The van der Waals surface area contributed by atoms with Gasteiger partial charge in [-0.2, -0.15) is 0 Å².